The highest BCUT2D eigenvalue weighted by molar-refractivity contribution is 5.76. The van der Waals surface area contributed by atoms with Crippen LogP contribution >= 0.6 is 0 Å². The van der Waals surface area contributed by atoms with E-state index in [1.165, 1.54) is 0 Å². The third-order valence-electron chi connectivity index (χ3n) is 3.44. The summed E-state index contributed by atoms with van der Waals surface area (Å²) in [5.74, 6) is -0.0730. The molecule has 1 aromatic rings. The van der Waals surface area contributed by atoms with Gasteiger partial charge in [0.15, 0.2) is 0 Å². The second-order valence-electron chi connectivity index (χ2n) is 5.11. The van der Waals surface area contributed by atoms with Crippen LogP contribution in [0.5, 0.6) is 5.75 Å². The molecular formula is C16H23NO4. The number of benzene rings is 1. The van der Waals surface area contributed by atoms with Crippen molar-refractivity contribution in [2.75, 3.05) is 20.2 Å². The molecule has 0 atom stereocenters. The molecule has 0 radical (unpaired) electrons. The Bertz CT molecular complexity index is 499. The third kappa shape index (κ3) is 5.85. The first-order chi connectivity index (χ1) is 9.91. The summed E-state index contributed by atoms with van der Waals surface area (Å²) in [6.45, 7) is 4.79. The van der Waals surface area contributed by atoms with Gasteiger partial charge in [0.2, 0.25) is 5.91 Å². The number of ether oxygens (including phenoxy) is 1. The molecule has 0 aliphatic heterocycles. The Morgan fingerprint density at radius 2 is 1.95 bits per heavy atom. The number of amides is 1. The van der Waals surface area contributed by atoms with Gasteiger partial charge in [-0.3, -0.25) is 9.59 Å². The van der Waals surface area contributed by atoms with Gasteiger partial charge >= 0.3 is 5.97 Å². The van der Waals surface area contributed by atoms with Gasteiger partial charge in [0.1, 0.15) is 5.75 Å². The molecule has 5 heteroatoms. The number of aliphatic carboxylic acids is 1. The fourth-order valence-corrected chi connectivity index (χ4v) is 1.91. The number of carbonyl (C=O) groups excluding carboxylic acids is 1. The van der Waals surface area contributed by atoms with Crippen LogP contribution in [-0.4, -0.2) is 42.1 Å². The zero-order chi connectivity index (χ0) is 15.8. The summed E-state index contributed by atoms with van der Waals surface area (Å²) in [5, 5.41) is 8.56. The van der Waals surface area contributed by atoms with Gasteiger partial charge in [-0.1, -0.05) is 12.1 Å². The van der Waals surface area contributed by atoms with Crippen molar-refractivity contribution in [1.29, 1.82) is 0 Å². The number of hydrogen-bond donors (Lipinski definition) is 1. The van der Waals surface area contributed by atoms with Crippen molar-refractivity contribution < 1.29 is 19.4 Å². The fourth-order valence-electron chi connectivity index (χ4n) is 1.91. The van der Waals surface area contributed by atoms with E-state index in [1.54, 1.807) is 11.9 Å². The van der Waals surface area contributed by atoms with Gasteiger partial charge in [-0.15, -0.1) is 0 Å². The van der Waals surface area contributed by atoms with E-state index in [1.807, 2.05) is 32.0 Å². The quantitative estimate of drug-likeness (QED) is 0.799. The van der Waals surface area contributed by atoms with E-state index in [2.05, 4.69) is 0 Å². The molecule has 0 bridgehead atoms. The summed E-state index contributed by atoms with van der Waals surface area (Å²) in [7, 11) is 1.68. The topological polar surface area (TPSA) is 66.8 Å². The number of aryl methyl sites for hydroxylation is 1. The molecule has 0 aliphatic carbocycles. The van der Waals surface area contributed by atoms with Crippen LogP contribution in [0.2, 0.25) is 0 Å². The standard InChI is InChI=1S/C16H23NO4/c1-12-6-4-7-14(13(12)2)21-11-9-15(18)17(3)10-5-8-16(19)20/h4,6-7H,5,8-11H2,1-3H3,(H,19,20). The predicted octanol–water partition coefficient (Wildman–Crippen LogP) is 2.40. The van der Waals surface area contributed by atoms with E-state index in [0.29, 0.717) is 19.6 Å². The van der Waals surface area contributed by atoms with E-state index >= 15 is 0 Å². The fraction of sp³-hybridized carbons (Fsp3) is 0.500. The Kier molecular flexibility index (Phi) is 6.72. The third-order valence-corrected chi connectivity index (χ3v) is 3.44. The Morgan fingerprint density at radius 1 is 1.24 bits per heavy atom. The Hall–Kier alpha value is -2.04. The van der Waals surface area contributed by atoms with Crippen molar-refractivity contribution in [3.8, 4) is 5.75 Å². The van der Waals surface area contributed by atoms with Crippen LogP contribution in [0, 0.1) is 13.8 Å². The van der Waals surface area contributed by atoms with Crippen molar-refractivity contribution in [1.82, 2.24) is 4.90 Å². The lowest BCUT2D eigenvalue weighted by molar-refractivity contribution is -0.138. The molecule has 116 valence electrons. The first-order valence-corrected chi connectivity index (χ1v) is 7.06. The minimum absolute atomic E-state index is 0.0364. The van der Waals surface area contributed by atoms with Crippen LogP contribution in [0.1, 0.15) is 30.4 Å². The number of nitrogens with zero attached hydrogens (tertiary/aromatic N) is 1. The first kappa shape index (κ1) is 17.0. The zero-order valence-electron chi connectivity index (χ0n) is 12.9. The lowest BCUT2D eigenvalue weighted by Gasteiger charge is -2.17. The average molecular weight is 293 g/mol. The minimum atomic E-state index is -0.839. The molecule has 0 saturated carbocycles. The van der Waals surface area contributed by atoms with Crippen LogP contribution < -0.4 is 4.74 Å². The Balaban J connectivity index is 2.32. The highest BCUT2D eigenvalue weighted by Crippen LogP contribution is 2.20. The first-order valence-electron chi connectivity index (χ1n) is 7.06. The molecule has 21 heavy (non-hydrogen) atoms. The molecule has 0 unspecified atom stereocenters. The van der Waals surface area contributed by atoms with Gasteiger partial charge in [-0.25, -0.2) is 0 Å². The monoisotopic (exact) mass is 293 g/mol. The molecule has 0 fully saturated rings. The number of carbonyl (C=O) groups is 2. The van der Waals surface area contributed by atoms with Gasteiger partial charge in [0, 0.05) is 20.0 Å². The van der Waals surface area contributed by atoms with E-state index in [9.17, 15) is 9.59 Å². The molecule has 1 amide bonds. The van der Waals surface area contributed by atoms with Crippen LogP contribution in [-0.2, 0) is 9.59 Å². The lowest BCUT2D eigenvalue weighted by Crippen LogP contribution is -2.29. The van der Waals surface area contributed by atoms with E-state index < -0.39 is 5.97 Å². The zero-order valence-corrected chi connectivity index (χ0v) is 12.9. The highest BCUT2D eigenvalue weighted by atomic mass is 16.5. The van der Waals surface area contributed by atoms with Crippen molar-refractivity contribution in [3.05, 3.63) is 29.3 Å². The molecule has 0 saturated heterocycles. The van der Waals surface area contributed by atoms with Crippen molar-refractivity contribution in [3.63, 3.8) is 0 Å². The molecule has 0 heterocycles. The van der Waals surface area contributed by atoms with E-state index in [4.69, 9.17) is 9.84 Å². The molecule has 0 aromatic heterocycles. The van der Waals surface area contributed by atoms with Crippen LogP contribution in [0.15, 0.2) is 18.2 Å². The number of carboxylic acid groups (broad SMARTS) is 1. The SMILES string of the molecule is Cc1cccc(OCCC(=O)N(C)CCCC(=O)O)c1C. The maximum absolute atomic E-state index is 11.9. The van der Waals surface area contributed by atoms with Gasteiger partial charge in [0.25, 0.3) is 0 Å². The highest BCUT2D eigenvalue weighted by Gasteiger charge is 2.10. The van der Waals surface area contributed by atoms with Crippen LogP contribution in [0.25, 0.3) is 0 Å². The Morgan fingerprint density at radius 3 is 2.62 bits per heavy atom. The van der Waals surface area contributed by atoms with Gasteiger partial charge in [0.05, 0.1) is 13.0 Å². The summed E-state index contributed by atoms with van der Waals surface area (Å²) in [4.78, 5) is 23.8. The van der Waals surface area contributed by atoms with Gasteiger partial charge in [-0.05, 0) is 37.5 Å². The summed E-state index contributed by atoms with van der Waals surface area (Å²) >= 11 is 0. The number of carboxylic acids is 1. The largest absolute Gasteiger partial charge is 0.493 e. The molecule has 1 aromatic carbocycles. The van der Waals surface area contributed by atoms with Gasteiger partial charge in [-0.2, -0.15) is 0 Å². The summed E-state index contributed by atoms with van der Waals surface area (Å²) < 4.78 is 5.64. The van der Waals surface area contributed by atoms with Gasteiger partial charge < -0.3 is 14.7 Å². The number of hydrogen-bond acceptors (Lipinski definition) is 3. The Labute approximate surface area is 125 Å². The summed E-state index contributed by atoms with van der Waals surface area (Å²) in [6, 6.07) is 5.84. The van der Waals surface area contributed by atoms with Crippen molar-refractivity contribution in [2.45, 2.75) is 33.1 Å². The molecule has 0 spiro atoms. The average Bonchev–Trinajstić information content (AvgIpc) is 2.42. The maximum Gasteiger partial charge on any atom is 0.303 e. The lowest BCUT2D eigenvalue weighted by atomic mass is 10.1. The second kappa shape index (κ2) is 8.29. The molecular weight excluding hydrogens is 270 g/mol. The molecule has 0 aliphatic rings. The molecule has 1 N–H and O–H groups in total. The van der Waals surface area contributed by atoms with Crippen LogP contribution in [0.3, 0.4) is 0 Å². The predicted molar refractivity (Wildman–Crippen MR) is 80.5 cm³/mol. The van der Waals surface area contributed by atoms with Crippen molar-refractivity contribution in [2.24, 2.45) is 0 Å². The van der Waals surface area contributed by atoms with E-state index in [0.717, 1.165) is 16.9 Å². The molecule has 1 rings (SSSR count). The smallest absolute Gasteiger partial charge is 0.303 e. The normalized spacial score (nSPS) is 10.2. The second-order valence-corrected chi connectivity index (χ2v) is 5.11. The maximum atomic E-state index is 11.9. The molecule has 5 nitrogen and oxygen atoms in total. The van der Waals surface area contributed by atoms with Crippen molar-refractivity contribution >= 4 is 11.9 Å². The van der Waals surface area contributed by atoms with E-state index in [-0.39, 0.29) is 18.7 Å². The number of rotatable bonds is 8. The summed E-state index contributed by atoms with van der Waals surface area (Å²) in [5.41, 5.74) is 2.24. The summed E-state index contributed by atoms with van der Waals surface area (Å²) in [6.07, 6.45) is 0.836. The van der Waals surface area contributed by atoms with Crippen LogP contribution in [0.4, 0.5) is 0 Å². The minimum Gasteiger partial charge on any atom is -0.493 e.